The predicted octanol–water partition coefficient (Wildman–Crippen LogP) is 0.0711. The fourth-order valence-electron chi connectivity index (χ4n) is 1.10. The Morgan fingerprint density at radius 2 is 1.87 bits per heavy atom. The number of carbonyl (C=O) groups is 2. The molecule has 0 aromatic carbocycles. The van der Waals surface area contributed by atoms with Crippen LogP contribution >= 0.6 is 0 Å². The molecule has 0 aliphatic carbocycles. The number of ether oxygens (including phenoxy) is 1. The fourth-order valence-corrected chi connectivity index (χ4v) is 1.10. The van der Waals surface area contributed by atoms with Crippen LogP contribution in [0.5, 0.6) is 0 Å². The van der Waals surface area contributed by atoms with Crippen LogP contribution in [-0.2, 0) is 14.3 Å². The van der Waals surface area contributed by atoms with Gasteiger partial charge in [0, 0.05) is 0 Å². The maximum absolute atomic E-state index is 11.3. The van der Waals surface area contributed by atoms with Gasteiger partial charge in [0.1, 0.15) is 12.1 Å². The van der Waals surface area contributed by atoms with Crippen molar-refractivity contribution in [3.63, 3.8) is 0 Å². The van der Waals surface area contributed by atoms with Gasteiger partial charge in [0.15, 0.2) is 0 Å². The first-order valence-corrected chi connectivity index (χ1v) is 4.94. The van der Waals surface area contributed by atoms with Gasteiger partial charge in [0.05, 0.1) is 7.11 Å². The molecule has 0 spiro atoms. The number of esters is 1. The molecule has 5 heteroatoms. The van der Waals surface area contributed by atoms with Crippen molar-refractivity contribution in [1.29, 1.82) is 0 Å². The molecule has 0 saturated carbocycles. The Morgan fingerprint density at radius 3 is 2.27 bits per heavy atom. The Balaban J connectivity index is 4.07. The van der Waals surface area contributed by atoms with Crippen LogP contribution in [0.3, 0.4) is 0 Å². The Morgan fingerprint density at radius 1 is 1.33 bits per heavy atom. The minimum absolute atomic E-state index is 0.221. The van der Waals surface area contributed by atoms with Gasteiger partial charge in [0.2, 0.25) is 5.91 Å². The maximum atomic E-state index is 11.3. The zero-order valence-corrected chi connectivity index (χ0v) is 9.61. The summed E-state index contributed by atoms with van der Waals surface area (Å²) in [4.78, 5) is 22.3. The van der Waals surface area contributed by atoms with Crippen LogP contribution in [0.1, 0.15) is 27.2 Å². The Kier molecular flexibility index (Phi) is 5.93. The van der Waals surface area contributed by atoms with Crippen molar-refractivity contribution in [3.8, 4) is 0 Å². The number of carbonyl (C=O) groups excluding carboxylic acids is 2. The molecule has 0 aromatic heterocycles. The zero-order valence-electron chi connectivity index (χ0n) is 9.61. The number of rotatable bonds is 5. The molecule has 1 amide bonds. The van der Waals surface area contributed by atoms with Crippen LogP contribution in [0.15, 0.2) is 0 Å². The van der Waals surface area contributed by atoms with Crippen LogP contribution in [0.2, 0.25) is 0 Å². The van der Waals surface area contributed by atoms with Gasteiger partial charge in [-0.2, -0.15) is 0 Å². The molecule has 0 aliphatic rings. The highest BCUT2D eigenvalue weighted by atomic mass is 16.5. The van der Waals surface area contributed by atoms with Gasteiger partial charge >= 0.3 is 5.97 Å². The summed E-state index contributed by atoms with van der Waals surface area (Å²) in [5.41, 5.74) is 0. The Hall–Kier alpha value is -1.10. The molecule has 88 valence electrons. The van der Waals surface area contributed by atoms with Crippen molar-refractivity contribution in [2.24, 2.45) is 5.92 Å². The molecule has 0 saturated heterocycles. The van der Waals surface area contributed by atoms with Crippen molar-refractivity contribution >= 4 is 11.9 Å². The van der Waals surface area contributed by atoms with Gasteiger partial charge in [-0.05, 0) is 19.3 Å². The number of methoxy groups -OCH3 is 1. The smallest absolute Gasteiger partial charge is 0.328 e. The molecule has 5 nitrogen and oxygen atoms in total. The molecule has 0 aromatic rings. The van der Waals surface area contributed by atoms with E-state index in [9.17, 15) is 14.7 Å². The Labute approximate surface area is 89.8 Å². The second-order valence-electron chi connectivity index (χ2n) is 3.90. The lowest BCUT2D eigenvalue weighted by Crippen LogP contribution is -2.44. The average Bonchev–Trinajstić information content (AvgIpc) is 2.15. The van der Waals surface area contributed by atoms with E-state index < -0.39 is 24.0 Å². The minimum atomic E-state index is -1.07. The molecule has 0 unspecified atom stereocenters. The molecule has 0 aliphatic heterocycles. The molecule has 0 fully saturated rings. The number of amides is 1. The highest BCUT2D eigenvalue weighted by Gasteiger charge is 2.21. The lowest BCUT2D eigenvalue weighted by atomic mass is 10.1. The number of nitrogens with one attached hydrogen (secondary N) is 1. The third kappa shape index (κ3) is 5.37. The summed E-state index contributed by atoms with van der Waals surface area (Å²) in [6.07, 6.45) is -0.697. The largest absolute Gasteiger partial charge is 0.467 e. The second-order valence-corrected chi connectivity index (χ2v) is 3.90. The predicted molar refractivity (Wildman–Crippen MR) is 55.1 cm³/mol. The summed E-state index contributed by atoms with van der Waals surface area (Å²) < 4.78 is 4.44. The molecule has 0 bridgehead atoms. The first-order chi connectivity index (χ1) is 6.88. The van der Waals surface area contributed by atoms with Gasteiger partial charge in [-0.1, -0.05) is 13.8 Å². The lowest BCUT2D eigenvalue weighted by molar-refractivity contribution is -0.145. The summed E-state index contributed by atoms with van der Waals surface area (Å²) in [5, 5.41) is 11.8. The summed E-state index contributed by atoms with van der Waals surface area (Å²) in [6, 6.07) is -0.732. The number of aliphatic hydroxyl groups is 1. The standard InChI is InChI=1S/C10H19NO4/c1-6(2)5-8(12)9(13)11-7(3)10(14)15-4/h6-8,12H,5H2,1-4H3,(H,11,13)/t7-,8-/m0/s1. The summed E-state index contributed by atoms with van der Waals surface area (Å²) in [6.45, 7) is 5.31. The first kappa shape index (κ1) is 13.9. The quantitative estimate of drug-likeness (QED) is 0.639. The van der Waals surface area contributed by atoms with Gasteiger partial charge in [-0.15, -0.1) is 0 Å². The van der Waals surface area contributed by atoms with E-state index in [4.69, 9.17) is 0 Å². The van der Waals surface area contributed by atoms with Crippen LogP contribution in [-0.4, -0.2) is 36.2 Å². The fraction of sp³-hybridized carbons (Fsp3) is 0.800. The van der Waals surface area contributed by atoms with E-state index in [-0.39, 0.29) is 5.92 Å². The summed E-state index contributed by atoms with van der Waals surface area (Å²) in [5.74, 6) is -0.846. The van der Waals surface area contributed by atoms with E-state index in [0.717, 1.165) is 0 Å². The molecular formula is C10H19NO4. The number of hydrogen-bond donors (Lipinski definition) is 2. The van der Waals surface area contributed by atoms with Crippen LogP contribution < -0.4 is 5.32 Å². The van der Waals surface area contributed by atoms with E-state index in [1.165, 1.54) is 14.0 Å². The maximum Gasteiger partial charge on any atom is 0.328 e. The topological polar surface area (TPSA) is 75.6 Å². The van der Waals surface area contributed by atoms with Crippen LogP contribution in [0.4, 0.5) is 0 Å². The second kappa shape index (κ2) is 6.40. The number of hydrogen-bond acceptors (Lipinski definition) is 4. The van der Waals surface area contributed by atoms with E-state index in [1.54, 1.807) is 0 Å². The molecule has 0 radical (unpaired) electrons. The van der Waals surface area contributed by atoms with Gasteiger partial charge < -0.3 is 15.2 Å². The first-order valence-electron chi connectivity index (χ1n) is 4.94. The molecule has 2 atom stereocenters. The SMILES string of the molecule is COC(=O)[C@H](C)NC(=O)[C@@H](O)CC(C)C. The normalized spacial score (nSPS) is 14.5. The zero-order chi connectivity index (χ0) is 12.0. The third-order valence-electron chi connectivity index (χ3n) is 1.91. The van der Waals surface area contributed by atoms with Crippen molar-refractivity contribution < 1.29 is 19.4 Å². The molecule has 15 heavy (non-hydrogen) atoms. The van der Waals surface area contributed by atoms with Gasteiger partial charge in [0.25, 0.3) is 0 Å². The lowest BCUT2D eigenvalue weighted by Gasteiger charge is -2.16. The highest BCUT2D eigenvalue weighted by molar-refractivity contribution is 5.86. The van der Waals surface area contributed by atoms with Gasteiger partial charge in [-0.3, -0.25) is 4.79 Å². The van der Waals surface area contributed by atoms with Crippen LogP contribution in [0.25, 0.3) is 0 Å². The molecule has 0 heterocycles. The minimum Gasteiger partial charge on any atom is -0.467 e. The Bertz CT molecular complexity index is 227. The van der Waals surface area contributed by atoms with Crippen molar-refractivity contribution in [1.82, 2.24) is 5.32 Å². The van der Waals surface area contributed by atoms with Crippen LogP contribution in [0, 0.1) is 5.92 Å². The van der Waals surface area contributed by atoms with E-state index in [1.807, 2.05) is 13.8 Å². The molecular weight excluding hydrogens is 198 g/mol. The molecule has 2 N–H and O–H groups in total. The average molecular weight is 217 g/mol. The summed E-state index contributed by atoms with van der Waals surface area (Å²) >= 11 is 0. The summed E-state index contributed by atoms with van der Waals surface area (Å²) in [7, 11) is 1.25. The van der Waals surface area contributed by atoms with Crippen molar-refractivity contribution in [2.45, 2.75) is 39.3 Å². The third-order valence-corrected chi connectivity index (χ3v) is 1.91. The van der Waals surface area contributed by atoms with Gasteiger partial charge in [-0.25, -0.2) is 4.79 Å². The molecule has 0 rings (SSSR count). The monoisotopic (exact) mass is 217 g/mol. The highest BCUT2D eigenvalue weighted by Crippen LogP contribution is 2.04. The van der Waals surface area contributed by atoms with E-state index >= 15 is 0 Å². The number of aliphatic hydroxyl groups excluding tert-OH is 1. The van der Waals surface area contributed by atoms with E-state index in [0.29, 0.717) is 6.42 Å². The van der Waals surface area contributed by atoms with E-state index in [2.05, 4.69) is 10.1 Å². The van der Waals surface area contributed by atoms with Crippen molar-refractivity contribution in [2.75, 3.05) is 7.11 Å². The van der Waals surface area contributed by atoms with Crippen molar-refractivity contribution in [3.05, 3.63) is 0 Å².